The Hall–Kier alpha value is -2.34. The lowest BCUT2D eigenvalue weighted by atomic mass is 9.97. The van der Waals surface area contributed by atoms with Crippen molar-refractivity contribution in [1.82, 2.24) is 14.7 Å². The molecule has 0 unspecified atom stereocenters. The van der Waals surface area contributed by atoms with Crippen LogP contribution >= 0.6 is 0 Å². The van der Waals surface area contributed by atoms with E-state index in [4.69, 9.17) is 9.47 Å². The maximum Gasteiger partial charge on any atom is 0.260 e. The molecule has 0 spiro atoms. The van der Waals surface area contributed by atoms with E-state index in [1.54, 1.807) is 7.11 Å². The number of fused-ring (bicyclic) bond motifs is 1. The predicted octanol–water partition coefficient (Wildman–Crippen LogP) is 2.05. The van der Waals surface area contributed by atoms with E-state index in [9.17, 15) is 4.79 Å². The van der Waals surface area contributed by atoms with Crippen LogP contribution in [-0.4, -0.2) is 47.5 Å². The van der Waals surface area contributed by atoms with Crippen molar-refractivity contribution in [3.05, 3.63) is 47.8 Å². The third-order valence-electron chi connectivity index (χ3n) is 4.21. The van der Waals surface area contributed by atoms with Crippen molar-refractivity contribution < 1.29 is 14.3 Å². The van der Waals surface area contributed by atoms with Crippen LogP contribution in [0.1, 0.15) is 24.1 Å². The minimum atomic E-state index is -0.0187. The third kappa shape index (κ3) is 3.59. The molecule has 0 radical (unpaired) electrons. The summed E-state index contributed by atoms with van der Waals surface area (Å²) in [6.45, 7) is 4.65. The second-order valence-electron chi connectivity index (χ2n) is 5.92. The second kappa shape index (κ2) is 7.49. The molecule has 2 heterocycles. The molecule has 0 aliphatic carbocycles. The van der Waals surface area contributed by atoms with E-state index in [1.807, 2.05) is 46.1 Å². The van der Waals surface area contributed by atoms with Crippen molar-refractivity contribution >= 4 is 5.91 Å². The normalized spacial score (nSPS) is 16.8. The van der Waals surface area contributed by atoms with E-state index < -0.39 is 0 Å². The number of hydrogen-bond acceptors (Lipinski definition) is 4. The molecule has 3 rings (SSSR count). The molecule has 1 aromatic carbocycles. The van der Waals surface area contributed by atoms with Gasteiger partial charge in [-0.05, 0) is 19.1 Å². The van der Waals surface area contributed by atoms with Crippen molar-refractivity contribution in [3.63, 3.8) is 0 Å². The highest BCUT2D eigenvalue weighted by Crippen LogP contribution is 2.27. The van der Waals surface area contributed by atoms with Crippen molar-refractivity contribution in [2.45, 2.75) is 25.9 Å². The van der Waals surface area contributed by atoms with E-state index in [-0.39, 0.29) is 18.4 Å². The van der Waals surface area contributed by atoms with Gasteiger partial charge in [-0.15, -0.1) is 0 Å². The SMILES string of the molecule is CCn1cc2c(n1)[C@@H](COC)CN(C(=O)COc1ccccc1)C2. The maximum absolute atomic E-state index is 12.5. The lowest BCUT2D eigenvalue weighted by molar-refractivity contribution is -0.134. The Bertz CT molecular complexity index is 684. The van der Waals surface area contributed by atoms with Crippen LogP contribution in [0.25, 0.3) is 0 Å². The van der Waals surface area contributed by atoms with Crippen LogP contribution < -0.4 is 4.74 Å². The number of para-hydroxylation sites is 1. The van der Waals surface area contributed by atoms with Crippen LogP contribution in [0.5, 0.6) is 5.75 Å². The van der Waals surface area contributed by atoms with Gasteiger partial charge in [-0.25, -0.2) is 0 Å². The Morgan fingerprint density at radius 3 is 2.83 bits per heavy atom. The average molecular weight is 329 g/mol. The monoisotopic (exact) mass is 329 g/mol. The first kappa shape index (κ1) is 16.5. The summed E-state index contributed by atoms with van der Waals surface area (Å²) in [5.41, 5.74) is 2.14. The van der Waals surface area contributed by atoms with Gasteiger partial charge in [0.25, 0.3) is 5.91 Å². The summed E-state index contributed by atoms with van der Waals surface area (Å²) in [6.07, 6.45) is 2.02. The average Bonchev–Trinajstić information content (AvgIpc) is 3.04. The highest BCUT2D eigenvalue weighted by atomic mass is 16.5. The van der Waals surface area contributed by atoms with Crippen molar-refractivity contribution in [3.8, 4) is 5.75 Å². The Morgan fingerprint density at radius 1 is 1.33 bits per heavy atom. The fourth-order valence-electron chi connectivity index (χ4n) is 3.00. The summed E-state index contributed by atoms with van der Waals surface area (Å²) in [4.78, 5) is 14.4. The number of benzene rings is 1. The number of ether oxygens (including phenoxy) is 2. The van der Waals surface area contributed by atoms with Crippen molar-refractivity contribution in [2.24, 2.45) is 0 Å². The summed E-state index contributed by atoms with van der Waals surface area (Å²) in [6, 6.07) is 9.39. The fraction of sp³-hybridized carbons (Fsp3) is 0.444. The maximum atomic E-state index is 12.5. The van der Waals surface area contributed by atoms with Gasteiger partial charge in [-0.2, -0.15) is 5.10 Å². The highest BCUT2D eigenvalue weighted by Gasteiger charge is 2.31. The van der Waals surface area contributed by atoms with Gasteiger partial charge in [-0.1, -0.05) is 18.2 Å². The second-order valence-corrected chi connectivity index (χ2v) is 5.92. The number of carbonyl (C=O) groups is 1. The molecule has 6 heteroatoms. The number of amides is 1. The summed E-state index contributed by atoms with van der Waals surface area (Å²) in [7, 11) is 1.68. The topological polar surface area (TPSA) is 56.6 Å². The largest absolute Gasteiger partial charge is 0.484 e. The number of aromatic nitrogens is 2. The van der Waals surface area contributed by atoms with Crippen molar-refractivity contribution in [1.29, 1.82) is 0 Å². The Kier molecular flexibility index (Phi) is 5.15. The van der Waals surface area contributed by atoms with E-state index >= 15 is 0 Å². The van der Waals surface area contributed by atoms with Gasteiger partial charge in [-0.3, -0.25) is 9.48 Å². The first-order chi connectivity index (χ1) is 11.7. The first-order valence-electron chi connectivity index (χ1n) is 8.22. The third-order valence-corrected chi connectivity index (χ3v) is 4.21. The van der Waals surface area contributed by atoms with Crippen LogP contribution in [0, 0.1) is 0 Å². The summed E-state index contributed by atoms with van der Waals surface area (Å²) in [5, 5.41) is 4.62. The zero-order valence-electron chi connectivity index (χ0n) is 14.1. The Balaban J connectivity index is 1.68. The number of nitrogens with zero attached hydrogens (tertiary/aromatic N) is 3. The zero-order valence-corrected chi connectivity index (χ0v) is 14.1. The van der Waals surface area contributed by atoms with Gasteiger partial charge in [0.2, 0.25) is 0 Å². The molecule has 1 aliphatic rings. The molecular formula is C18H23N3O3. The number of aryl methyl sites for hydroxylation is 1. The Morgan fingerprint density at radius 2 is 2.12 bits per heavy atom. The quantitative estimate of drug-likeness (QED) is 0.814. The number of methoxy groups -OCH3 is 1. The summed E-state index contributed by atoms with van der Waals surface area (Å²) < 4.78 is 12.8. The molecule has 0 fully saturated rings. The predicted molar refractivity (Wildman–Crippen MR) is 89.9 cm³/mol. The standard InChI is InChI=1S/C18H23N3O3/c1-3-21-11-14-9-20(10-15(12-23-2)18(14)19-21)17(22)13-24-16-7-5-4-6-8-16/h4-8,11,15H,3,9-10,12-13H2,1-2H3/t15-/m1/s1. The molecule has 1 aromatic heterocycles. The number of rotatable bonds is 6. The summed E-state index contributed by atoms with van der Waals surface area (Å²) in [5.74, 6) is 0.790. The van der Waals surface area contributed by atoms with E-state index in [0.717, 1.165) is 17.8 Å². The smallest absolute Gasteiger partial charge is 0.260 e. The van der Waals surface area contributed by atoms with Gasteiger partial charge in [0.15, 0.2) is 6.61 Å². The number of carbonyl (C=O) groups excluding carboxylic acids is 1. The van der Waals surface area contributed by atoms with E-state index in [2.05, 4.69) is 12.0 Å². The molecule has 6 nitrogen and oxygen atoms in total. The first-order valence-corrected chi connectivity index (χ1v) is 8.22. The molecule has 128 valence electrons. The minimum Gasteiger partial charge on any atom is -0.484 e. The van der Waals surface area contributed by atoms with Crippen LogP contribution in [0.15, 0.2) is 36.5 Å². The molecule has 2 aromatic rings. The summed E-state index contributed by atoms with van der Waals surface area (Å²) >= 11 is 0. The highest BCUT2D eigenvalue weighted by molar-refractivity contribution is 5.78. The van der Waals surface area contributed by atoms with Gasteiger partial charge in [0, 0.05) is 44.4 Å². The molecule has 0 bridgehead atoms. The van der Waals surface area contributed by atoms with Gasteiger partial charge >= 0.3 is 0 Å². The molecule has 0 saturated carbocycles. The molecule has 1 aliphatic heterocycles. The van der Waals surface area contributed by atoms with Crippen LogP contribution in [0.4, 0.5) is 0 Å². The van der Waals surface area contributed by atoms with Gasteiger partial charge in [0.1, 0.15) is 5.75 Å². The lowest BCUT2D eigenvalue weighted by Gasteiger charge is -2.31. The zero-order chi connectivity index (χ0) is 16.9. The molecule has 0 N–H and O–H groups in total. The molecule has 1 amide bonds. The molecular weight excluding hydrogens is 306 g/mol. The van der Waals surface area contributed by atoms with Crippen LogP contribution in [0.3, 0.4) is 0 Å². The van der Waals surface area contributed by atoms with Crippen molar-refractivity contribution in [2.75, 3.05) is 26.9 Å². The molecule has 24 heavy (non-hydrogen) atoms. The molecule has 1 atom stereocenters. The lowest BCUT2D eigenvalue weighted by Crippen LogP contribution is -2.41. The van der Waals surface area contributed by atoms with Gasteiger partial charge in [0.05, 0.1) is 12.3 Å². The van der Waals surface area contributed by atoms with E-state index in [0.29, 0.717) is 25.4 Å². The van der Waals surface area contributed by atoms with Crippen LogP contribution in [-0.2, 0) is 22.6 Å². The molecule has 0 saturated heterocycles. The Labute approximate surface area is 142 Å². The van der Waals surface area contributed by atoms with Gasteiger partial charge < -0.3 is 14.4 Å². The van der Waals surface area contributed by atoms with Crippen LogP contribution in [0.2, 0.25) is 0 Å². The fourth-order valence-corrected chi connectivity index (χ4v) is 3.00. The van der Waals surface area contributed by atoms with E-state index in [1.165, 1.54) is 0 Å². The number of hydrogen-bond donors (Lipinski definition) is 0. The minimum absolute atomic E-state index is 0.0187.